The van der Waals surface area contributed by atoms with Gasteiger partial charge in [0.25, 0.3) is 0 Å². The standard InChI is InChI=1S/C23H29NO5S/c1-3-18(2)22(20-9-5-4-6-10-20)23(25)29-17-19-8-7-11-21(16-19)30(26,27)24-12-14-28-15-13-24/h4-11,16,18,22H,3,12-15,17H2,1-2H3/t18-,22+/m0/s1. The Labute approximate surface area is 178 Å². The maximum Gasteiger partial charge on any atom is 0.314 e. The number of hydrogen-bond donors (Lipinski definition) is 0. The van der Waals surface area contributed by atoms with Gasteiger partial charge in [0.15, 0.2) is 0 Å². The van der Waals surface area contributed by atoms with Gasteiger partial charge in [-0.1, -0.05) is 62.7 Å². The molecule has 1 fully saturated rings. The van der Waals surface area contributed by atoms with Crippen molar-refractivity contribution in [2.24, 2.45) is 5.92 Å². The van der Waals surface area contributed by atoms with Crippen LogP contribution in [0.3, 0.4) is 0 Å². The van der Waals surface area contributed by atoms with Gasteiger partial charge < -0.3 is 9.47 Å². The second kappa shape index (κ2) is 10.2. The van der Waals surface area contributed by atoms with Gasteiger partial charge >= 0.3 is 5.97 Å². The second-order valence-electron chi connectivity index (χ2n) is 7.55. The number of sulfonamides is 1. The summed E-state index contributed by atoms with van der Waals surface area (Å²) in [6, 6.07) is 16.2. The Kier molecular flexibility index (Phi) is 7.64. The zero-order valence-corrected chi connectivity index (χ0v) is 18.3. The Bertz CT molecular complexity index is 939. The van der Waals surface area contributed by atoms with Gasteiger partial charge in [0.2, 0.25) is 10.0 Å². The van der Waals surface area contributed by atoms with Crippen molar-refractivity contribution in [1.29, 1.82) is 0 Å². The van der Waals surface area contributed by atoms with Crippen molar-refractivity contribution in [2.75, 3.05) is 26.3 Å². The number of morpholine rings is 1. The molecule has 2 aromatic carbocycles. The van der Waals surface area contributed by atoms with E-state index in [0.29, 0.717) is 31.9 Å². The first kappa shape index (κ1) is 22.5. The molecular formula is C23H29NO5S. The van der Waals surface area contributed by atoms with Gasteiger partial charge in [-0.2, -0.15) is 4.31 Å². The highest BCUT2D eigenvalue weighted by Gasteiger charge is 2.28. The predicted molar refractivity (Wildman–Crippen MR) is 114 cm³/mol. The largest absolute Gasteiger partial charge is 0.460 e. The molecule has 0 radical (unpaired) electrons. The second-order valence-corrected chi connectivity index (χ2v) is 9.48. The van der Waals surface area contributed by atoms with Crippen LogP contribution in [0.25, 0.3) is 0 Å². The quantitative estimate of drug-likeness (QED) is 0.598. The molecule has 1 saturated heterocycles. The van der Waals surface area contributed by atoms with Gasteiger partial charge in [-0.15, -0.1) is 0 Å². The maximum atomic E-state index is 12.9. The van der Waals surface area contributed by atoms with E-state index in [2.05, 4.69) is 0 Å². The van der Waals surface area contributed by atoms with Crippen LogP contribution in [0.4, 0.5) is 0 Å². The fourth-order valence-corrected chi connectivity index (χ4v) is 5.05. The summed E-state index contributed by atoms with van der Waals surface area (Å²) in [5.41, 5.74) is 1.58. The number of carbonyl (C=O) groups excluding carboxylic acids is 1. The number of hydrogen-bond acceptors (Lipinski definition) is 5. The third kappa shape index (κ3) is 5.28. The smallest absolute Gasteiger partial charge is 0.314 e. The highest BCUT2D eigenvalue weighted by Crippen LogP contribution is 2.29. The normalized spacial score (nSPS) is 17.3. The van der Waals surface area contributed by atoms with Crippen molar-refractivity contribution >= 4 is 16.0 Å². The molecular weight excluding hydrogens is 402 g/mol. The van der Waals surface area contributed by atoms with Crippen molar-refractivity contribution in [2.45, 2.75) is 37.7 Å². The van der Waals surface area contributed by atoms with Crippen LogP contribution in [0.5, 0.6) is 0 Å². The molecule has 2 aromatic rings. The third-order valence-corrected chi connectivity index (χ3v) is 7.41. The number of esters is 1. The van der Waals surface area contributed by atoms with Crippen molar-refractivity contribution in [3.8, 4) is 0 Å². The Morgan fingerprint density at radius 3 is 2.47 bits per heavy atom. The SMILES string of the molecule is CC[C@H](C)[C@@H](C(=O)OCc1cccc(S(=O)(=O)N2CCOCC2)c1)c1ccccc1. The number of rotatable bonds is 8. The van der Waals surface area contributed by atoms with Crippen molar-refractivity contribution in [3.63, 3.8) is 0 Å². The summed E-state index contributed by atoms with van der Waals surface area (Å²) < 4.78 is 38.0. The molecule has 0 unspecified atom stereocenters. The van der Waals surface area contributed by atoms with Crippen LogP contribution in [0, 0.1) is 5.92 Å². The lowest BCUT2D eigenvalue weighted by Gasteiger charge is -2.26. The molecule has 0 spiro atoms. The maximum absolute atomic E-state index is 12.9. The predicted octanol–water partition coefficient (Wildman–Crippen LogP) is 3.58. The van der Waals surface area contributed by atoms with Crippen molar-refractivity contribution < 1.29 is 22.7 Å². The lowest BCUT2D eigenvalue weighted by Crippen LogP contribution is -2.40. The van der Waals surface area contributed by atoms with E-state index in [-0.39, 0.29) is 29.3 Å². The van der Waals surface area contributed by atoms with E-state index < -0.39 is 10.0 Å². The minimum Gasteiger partial charge on any atom is -0.460 e. The molecule has 1 aliphatic rings. The third-order valence-electron chi connectivity index (χ3n) is 5.51. The van der Waals surface area contributed by atoms with Crippen LogP contribution >= 0.6 is 0 Å². The fourth-order valence-electron chi connectivity index (χ4n) is 3.57. The number of benzene rings is 2. The summed E-state index contributed by atoms with van der Waals surface area (Å²) in [4.78, 5) is 13.1. The van der Waals surface area contributed by atoms with Crippen LogP contribution in [0.2, 0.25) is 0 Å². The van der Waals surface area contributed by atoms with Crippen LogP contribution < -0.4 is 0 Å². The molecule has 1 heterocycles. The molecule has 0 N–H and O–H groups in total. The van der Waals surface area contributed by atoms with Gasteiger partial charge in [0, 0.05) is 13.1 Å². The monoisotopic (exact) mass is 431 g/mol. The summed E-state index contributed by atoms with van der Waals surface area (Å²) in [5.74, 6) is -0.513. The summed E-state index contributed by atoms with van der Waals surface area (Å²) in [5, 5.41) is 0. The molecule has 0 bridgehead atoms. The van der Waals surface area contributed by atoms with E-state index in [1.165, 1.54) is 4.31 Å². The van der Waals surface area contributed by atoms with Crippen LogP contribution in [0.15, 0.2) is 59.5 Å². The number of ether oxygens (including phenoxy) is 2. The summed E-state index contributed by atoms with van der Waals surface area (Å²) in [6.07, 6.45) is 0.849. The number of carbonyl (C=O) groups is 1. The highest BCUT2D eigenvalue weighted by molar-refractivity contribution is 7.89. The highest BCUT2D eigenvalue weighted by atomic mass is 32.2. The summed E-state index contributed by atoms with van der Waals surface area (Å²) >= 11 is 0. The van der Waals surface area contributed by atoms with Crippen molar-refractivity contribution in [3.05, 3.63) is 65.7 Å². The van der Waals surface area contributed by atoms with E-state index >= 15 is 0 Å². The molecule has 6 nitrogen and oxygen atoms in total. The van der Waals surface area contributed by atoms with E-state index in [1.807, 2.05) is 44.2 Å². The molecule has 162 valence electrons. The zero-order chi connectivity index (χ0) is 21.6. The lowest BCUT2D eigenvalue weighted by molar-refractivity contribution is -0.148. The molecule has 0 saturated carbocycles. The topological polar surface area (TPSA) is 72.9 Å². The summed E-state index contributed by atoms with van der Waals surface area (Å²) in [7, 11) is -3.59. The lowest BCUT2D eigenvalue weighted by atomic mass is 9.85. The first-order valence-electron chi connectivity index (χ1n) is 10.3. The van der Waals surface area contributed by atoms with Crippen LogP contribution in [-0.4, -0.2) is 45.0 Å². The van der Waals surface area contributed by atoms with Crippen molar-refractivity contribution in [1.82, 2.24) is 4.31 Å². The van der Waals surface area contributed by atoms with Gasteiger partial charge in [0.1, 0.15) is 6.61 Å². The molecule has 3 rings (SSSR count). The minimum atomic E-state index is -3.59. The van der Waals surface area contributed by atoms with Gasteiger partial charge in [-0.05, 0) is 29.2 Å². The first-order valence-corrected chi connectivity index (χ1v) is 11.8. The first-order chi connectivity index (χ1) is 14.4. The Hall–Kier alpha value is -2.22. The van der Waals surface area contributed by atoms with Gasteiger partial charge in [0.05, 0.1) is 24.0 Å². The Morgan fingerprint density at radius 2 is 1.80 bits per heavy atom. The molecule has 7 heteroatoms. The Morgan fingerprint density at radius 1 is 1.10 bits per heavy atom. The van der Waals surface area contributed by atoms with E-state index in [4.69, 9.17) is 9.47 Å². The van der Waals surface area contributed by atoms with Crippen LogP contribution in [-0.2, 0) is 30.9 Å². The average molecular weight is 432 g/mol. The molecule has 0 aliphatic carbocycles. The fraction of sp³-hybridized carbons (Fsp3) is 0.435. The van der Waals surface area contributed by atoms with Crippen LogP contribution in [0.1, 0.15) is 37.3 Å². The molecule has 0 aromatic heterocycles. The average Bonchev–Trinajstić information content (AvgIpc) is 2.79. The van der Waals surface area contributed by atoms with E-state index in [9.17, 15) is 13.2 Å². The van der Waals surface area contributed by atoms with E-state index in [0.717, 1.165) is 12.0 Å². The number of nitrogens with zero attached hydrogens (tertiary/aromatic N) is 1. The molecule has 1 aliphatic heterocycles. The zero-order valence-electron chi connectivity index (χ0n) is 17.5. The Balaban J connectivity index is 1.72. The minimum absolute atomic E-state index is 0.0328. The molecule has 0 amide bonds. The summed E-state index contributed by atoms with van der Waals surface area (Å²) in [6.45, 7) is 5.60. The van der Waals surface area contributed by atoms with E-state index in [1.54, 1.807) is 24.3 Å². The van der Waals surface area contributed by atoms with Gasteiger partial charge in [-0.3, -0.25) is 4.79 Å². The molecule has 2 atom stereocenters. The molecule has 30 heavy (non-hydrogen) atoms. The van der Waals surface area contributed by atoms with Gasteiger partial charge in [-0.25, -0.2) is 8.42 Å².